The van der Waals surface area contributed by atoms with E-state index in [1.165, 1.54) is 0 Å². The van der Waals surface area contributed by atoms with Gasteiger partial charge in [0, 0.05) is 5.39 Å². The summed E-state index contributed by atoms with van der Waals surface area (Å²) in [4.78, 5) is 10.7. The van der Waals surface area contributed by atoms with Gasteiger partial charge in [0.2, 0.25) is 0 Å². The molecule has 2 rings (SSSR count). The highest BCUT2D eigenvalue weighted by molar-refractivity contribution is 6.00. The third kappa shape index (κ3) is 1.25. The molecular formula is C10H10N2O2. The standard InChI is InChI=1S/C10H10N2O2/c1-2-6-3-4-7-8(5-6)11-12-9(7)10(13)14/h3-5H,2H2,1H3,(H,11,12)(H,13,14). The molecule has 4 nitrogen and oxygen atoms in total. The monoisotopic (exact) mass is 190 g/mol. The van der Waals surface area contributed by atoms with E-state index in [1.807, 2.05) is 12.1 Å². The van der Waals surface area contributed by atoms with Crippen LogP contribution in [-0.4, -0.2) is 21.3 Å². The molecule has 0 aliphatic heterocycles. The number of H-pyrrole nitrogens is 1. The van der Waals surface area contributed by atoms with Gasteiger partial charge in [-0.15, -0.1) is 0 Å². The Kier molecular flexibility index (Phi) is 1.96. The fraction of sp³-hybridized carbons (Fsp3) is 0.200. The average molecular weight is 190 g/mol. The molecule has 0 unspecified atom stereocenters. The minimum atomic E-state index is -1.000. The van der Waals surface area contributed by atoms with Crippen LogP contribution in [0.1, 0.15) is 23.0 Å². The number of carbonyl (C=O) groups is 1. The van der Waals surface area contributed by atoms with Crippen LogP contribution in [0.25, 0.3) is 10.9 Å². The van der Waals surface area contributed by atoms with Gasteiger partial charge in [0.15, 0.2) is 5.69 Å². The normalized spacial score (nSPS) is 10.6. The van der Waals surface area contributed by atoms with Crippen molar-refractivity contribution < 1.29 is 9.90 Å². The van der Waals surface area contributed by atoms with Crippen LogP contribution in [0.2, 0.25) is 0 Å². The molecule has 0 saturated heterocycles. The average Bonchev–Trinajstić information content (AvgIpc) is 2.59. The van der Waals surface area contributed by atoms with E-state index < -0.39 is 5.97 Å². The molecule has 0 spiro atoms. The highest BCUT2D eigenvalue weighted by Gasteiger charge is 2.11. The van der Waals surface area contributed by atoms with E-state index >= 15 is 0 Å². The molecule has 0 amide bonds. The Hall–Kier alpha value is -1.84. The number of carboxylic acids is 1. The summed E-state index contributed by atoms with van der Waals surface area (Å²) < 4.78 is 0. The van der Waals surface area contributed by atoms with Crippen molar-refractivity contribution in [3.05, 3.63) is 29.5 Å². The van der Waals surface area contributed by atoms with E-state index in [-0.39, 0.29) is 5.69 Å². The van der Waals surface area contributed by atoms with Gasteiger partial charge in [-0.1, -0.05) is 19.1 Å². The lowest BCUT2D eigenvalue weighted by Crippen LogP contribution is -1.96. The molecule has 4 heteroatoms. The third-order valence-corrected chi connectivity index (χ3v) is 2.24. The van der Waals surface area contributed by atoms with E-state index in [9.17, 15) is 4.79 Å². The van der Waals surface area contributed by atoms with Crippen LogP contribution >= 0.6 is 0 Å². The van der Waals surface area contributed by atoms with Gasteiger partial charge >= 0.3 is 5.97 Å². The molecule has 1 heterocycles. The molecule has 1 aromatic heterocycles. The summed E-state index contributed by atoms with van der Waals surface area (Å²) in [5.41, 5.74) is 2.03. The van der Waals surface area contributed by atoms with Crippen LogP contribution in [0, 0.1) is 0 Å². The smallest absolute Gasteiger partial charge is 0.357 e. The van der Waals surface area contributed by atoms with Crippen molar-refractivity contribution in [3.8, 4) is 0 Å². The molecule has 0 atom stereocenters. The fourth-order valence-electron chi connectivity index (χ4n) is 1.45. The fourth-order valence-corrected chi connectivity index (χ4v) is 1.45. The van der Waals surface area contributed by atoms with Crippen molar-refractivity contribution in [2.45, 2.75) is 13.3 Å². The second-order valence-corrected chi connectivity index (χ2v) is 3.11. The van der Waals surface area contributed by atoms with Crippen molar-refractivity contribution in [1.29, 1.82) is 0 Å². The maximum absolute atomic E-state index is 10.7. The van der Waals surface area contributed by atoms with E-state index in [0.717, 1.165) is 17.5 Å². The van der Waals surface area contributed by atoms with Crippen molar-refractivity contribution in [2.75, 3.05) is 0 Å². The molecule has 0 aliphatic carbocycles. The number of hydrogen-bond acceptors (Lipinski definition) is 2. The predicted molar refractivity (Wildman–Crippen MR) is 52.4 cm³/mol. The number of aryl methyl sites for hydroxylation is 1. The van der Waals surface area contributed by atoms with E-state index in [1.54, 1.807) is 6.07 Å². The van der Waals surface area contributed by atoms with E-state index in [2.05, 4.69) is 17.1 Å². The topological polar surface area (TPSA) is 66.0 Å². The van der Waals surface area contributed by atoms with Gasteiger partial charge in [-0.05, 0) is 18.1 Å². The van der Waals surface area contributed by atoms with Gasteiger partial charge in [-0.25, -0.2) is 4.79 Å². The van der Waals surface area contributed by atoms with Gasteiger partial charge < -0.3 is 5.11 Å². The van der Waals surface area contributed by atoms with Gasteiger partial charge in [0.05, 0.1) is 5.52 Å². The summed E-state index contributed by atoms with van der Waals surface area (Å²) in [5, 5.41) is 15.9. The first-order chi connectivity index (χ1) is 6.72. The Morgan fingerprint density at radius 2 is 2.36 bits per heavy atom. The number of fused-ring (bicyclic) bond motifs is 1. The van der Waals surface area contributed by atoms with Crippen LogP contribution in [0.3, 0.4) is 0 Å². The Balaban J connectivity index is 2.65. The van der Waals surface area contributed by atoms with Crippen LogP contribution in [0.15, 0.2) is 18.2 Å². The number of nitrogens with one attached hydrogen (secondary N) is 1. The van der Waals surface area contributed by atoms with E-state index in [4.69, 9.17) is 5.11 Å². The van der Waals surface area contributed by atoms with Crippen LogP contribution in [0.5, 0.6) is 0 Å². The summed E-state index contributed by atoms with van der Waals surface area (Å²) in [6.07, 6.45) is 0.928. The van der Waals surface area contributed by atoms with Gasteiger partial charge in [-0.3, -0.25) is 5.10 Å². The molecule has 0 aliphatic rings. The first-order valence-corrected chi connectivity index (χ1v) is 4.42. The summed E-state index contributed by atoms with van der Waals surface area (Å²) in [5.74, 6) is -1.000. The number of nitrogens with zero attached hydrogens (tertiary/aromatic N) is 1. The number of benzene rings is 1. The lowest BCUT2D eigenvalue weighted by molar-refractivity contribution is 0.0692. The number of carboxylic acid groups (broad SMARTS) is 1. The Morgan fingerprint density at radius 3 is 3.00 bits per heavy atom. The zero-order chi connectivity index (χ0) is 10.1. The van der Waals surface area contributed by atoms with Crippen LogP contribution < -0.4 is 0 Å². The molecule has 0 bridgehead atoms. The van der Waals surface area contributed by atoms with Crippen LogP contribution in [-0.2, 0) is 6.42 Å². The predicted octanol–water partition coefficient (Wildman–Crippen LogP) is 1.82. The second kappa shape index (κ2) is 3.14. The highest BCUT2D eigenvalue weighted by Crippen LogP contribution is 2.17. The zero-order valence-corrected chi connectivity index (χ0v) is 7.74. The summed E-state index contributed by atoms with van der Waals surface area (Å²) >= 11 is 0. The molecule has 0 radical (unpaired) electrons. The number of rotatable bonds is 2. The van der Waals surface area contributed by atoms with E-state index in [0.29, 0.717) is 5.39 Å². The molecule has 0 fully saturated rings. The van der Waals surface area contributed by atoms with Crippen LogP contribution in [0.4, 0.5) is 0 Å². The zero-order valence-electron chi connectivity index (χ0n) is 7.74. The molecule has 14 heavy (non-hydrogen) atoms. The molecule has 1 aromatic carbocycles. The maximum atomic E-state index is 10.7. The number of aromatic nitrogens is 2. The van der Waals surface area contributed by atoms with Crippen molar-refractivity contribution in [3.63, 3.8) is 0 Å². The third-order valence-electron chi connectivity index (χ3n) is 2.24. The molecule has 0 saturated carbocycles. The lowest BCUT2D eigenvalue weighted by atomic mass is 10.1. The number of aromatic carboxylic acids is 1. The molecule has 2 N–H and O–H groups in total. The minimum Gasteiger partial charge on any atom is -0.476 e. The van der Waals surface area contributed by atoms with Crippen molar-refractivity contribution in [2.24, 2.45) is 0 Å². The second-order valence-electron chi connectivity index (χ2n) is 3.11. The quantitative estimate of drug-likeness (QED) is 0.759. The minimum absolute atomic E-state index is 0.0858. The highest BCUT2D eigenvalue weighted by atomic mass is 16.4. The van der Waals surface area contributed by atoms with Gasteiger partial charge in [0.1, 0.15) is 0 Å². The Labute approximate surface area is 80.6 Å². The van der Waals surface area contributed by atoms with Crippen molar-refractivity contribution in [1.82, 2.24) is 10.2 Å². The first kappa shape index (κ1) is 8.74. The molecule has 72 valence electrons. The van der Waals surface area contributed by atoms with Gasteiger partial charge in [0.25, 0.3) is 0 Å². The largest absolute Gasteiger partial charge is 0.476 e. The summed E-state index contributed by atoms with van der Waals surface area (Å²) in [7, 11) is 0. The SMILES string of the molecule is CCc1ccc2c(C(=O)O)n[nH]c2c1. The molecular weight excluding hydrogens is 180 g/mol. The summed E-state index contributed by atoms with van der Waals surface area (Å²) in [6, 6.07) is 5.64. The first-order valence-electron chi connectivity index (χ1n) is 4.42. The number of hydrogen-bond donors (Lipinski definition) is 2. The van der Waals surface area contributed by atoms with Gasteiger partial charge in [-0.2, -0.15) is 5.10 Å². The summed E-state index contributed by atoms with van der Waals surface area (Å²) in [6.45, 7) is 2.05. The Bertz CT molecular complexity index is 488. The van der Waals surface area contributed by atoms with Crippen molar-refractivity contribution >= 4 is 16.9 Å². The number of aromatic amines is 1. The lowest BCUT2D eigenvalue weighted by Gasteiger charge is -1.95. The molecule has 2 aromatic rings. The Morgan fingerprint density at radius 1 is 1.57 bits per heavy atom. The maximum Gasteiger partial charge on any atom is 0.357 e.